The summed E-state index contributed by atoms with van der Waals surface area (Å²) in [4.78, 5) is 5.86. The van der Waals surface area contributed by atoms with Crippen molar-refractivity contribution >= 4 is 29.9 Å². The summed E-state index contributed by atoms with van der Waals surface area (Å²) in [6.07, 6.45) is 1.38. The molecule has 0 aromatic carbocycles. The van der Waals surface area contributed by atoms with Gasteiger partial charge in [0.2, 0.25) is 0 Å². The Morgan fingerprint density at radius 2 is 1.77 bits per heavy atom. The van der Waals surface area contributed by atoms with Crippen molar-refractivity contribution in [1.29, 1.82) is 0 Å². The quantitative estimate of drug-likeness (QED) is 0.406. The van der Waals surface area contributed by atoms with Crippen molar-refractivity contribution in [2.24, 2.45) is 4.99 Å². The van der Waals surface area contributed by atoms with Gasteiger partial charge in [0.15, 0.2) is 5.96 Å². The van der Waals surface area contributed by atoms with Crippen molar-refractivity contribution in [3.63, 3.8) is 0 Å². The van der Waals surface area contributed by atoms with E-state index in [4.69, 9.17) is 0 Å². The van der Waals surface area contributed by atoms with E-state index in [2.05, 4.69) is 15.6 Å². The molecule has 0 spiro atoms. The molecular formula is C14H26F3IN4. The first-order valence-electron chi connectivity index (χ1n) is 7.83. The van der Waals surface area contributed by atoms with Crippen LogP contribution in [0.4, 0.5) is 13.2 Å². The van der Waals surface area contributed by atoms with Gasteiger partial charge in [0, 0.05) is 31.7 Å². The average molecular weight is 434 g/mol. The Kier molecular flexibility index (Phi) is 8.23. The van der Waals surface area contributed by atoms with Crippen LogP contribution in [0.15, 0.2) is 4.99 Å². The summed E-state index contributed by atoms with van der Waals surface area (Å²) in [5.74, 6) is 0.753. The minimum absolute atomic E-state index is 0. The van der Waals surface area contributed by atoms with Crippen LogP contribution in [0, 0.1) is 0 Å². The molecule has 2 N–H and O–H groups in total. The van der Waals surface area contributed by atoms with Crippen molar-refractivity contribution in [2.75, 3.05) is 26.2 Å². The second-order valence-corrected chi connectivity index (χ2v) is 5.93. The van der Waals surface area contributed by atoms with Crippen molar-refractivity contribution < 1.29 is 13.2 Å². The fourth-order valence-electron chi connectivity index (χ4n) is 3.10. The lowest BCUT2D eigenvalue weighted by atomic mass is 10.2. The maximum absolute atomic E-state index is 12.4. The van der Waals surface area contributed by atoms with Crippen LogP contribution >= 0.6 is 24.0 Å². The van der Waals surface area contributed by atoms with E-state index in [1.165, 1.54) is 17.7 Å². The number of alkyl halides is 3. The zero-order valence-electron chi connectivity index (χ0n) is 13.0. The van der Waals surface area contributed by atoms with E-state index in [9.17, 15) is 13.2 Å². The second-order valence-electron chi connectivity index (χ2n) is 5.93. The van der Waals surface area contributed by atoms with Crippen LogP contribution in [0.2, 0.25) is 0 Å². The van der Waals surface area contributed by atoms with Crippen LogP contribution in [-0.4, -0.2) is 55.3 Å². The predicted octanol–water partition coefficient (Wildman–Crippen LogP) is 2.74. The van der Waals surface area contributed by atoms with Gasteiger partial charge in [-0.2, -0.15) is 13.2 Å². The van der Waals surface area contributed by atoms with E-state index >= 15 is 0 Å². The highest BCUT2D eigenvalue weighted by Crippen LogP contribution is 2.20. The molecule has 0 aromatic rings. The van der Waals surface area contributed by atoms with Gasteiger partial charge >= 0.3 is 6.18 Å². The highest BCUT2D eigenvalue weighted by atomic mass is 127. The third-order valence-electron chi connectivity index (χ3n) is 4.03. The predicted molar refractivity (Wildman–Crippen MR) is 92.8 cm³/mol. The van der Waals surface area contributed by atoms with Crippen LogP contribution in [0.25, 0.3) is 0 Å². The third kappa shape index (κ3) is 6.89. The molecule has 22 heavy (non-hydrogen) atoms. The van der Waals surface area contributed by atoms with Gasteiger partial charge in [-0.1, -0.05) is 12.8 Å². The molecule has 2 fully saturated rings. The monoisotopic (exact) mass is 434 g/mol. The summed E-state index contributed by atoms with van der Waals surface area (Å²) in [5, 5.41) is 6.69. The van der Waals surface area contributed by atoms with Crippen LogP contribution in [0.3, 0.4) is 0 Å². The van der Waals surface area contributed by atoms with Crippen molar-refractivity contribution in [3.8, 4) is 0 Å². The zero-order valence-corrected chi connectivity index (χ0v) is 15.3. The molecule has 4 nitrogen and oxygen atoms in total. The van der Waals surface area contributed by atoms with Crippen LogP contribution in [0.1, 0.15) is 39.0 Å². The minimum atomic E-state index is -4.11. The van der Waals surface area contributed by atoms with Gasteiger partial charge in [0.25, 0.3) is 0 Å². The van der Waals surface area contributed by atoms with Gasteiger partial charge < -0.3 is 10.6 Å². The van der Waals surface area contributed by atoms with Gasteiger partial charge in [-0.05, 0) is 26.2 Å². The molecule has 0 aromatic heterocycles. The largest absolute Gasteiger partial charge is 0.401 e. The summed E-state index contributed by atoms with van der Waals surface area (Å²) in [5.41, 5.74) is 0. The summed E-state index contributed by atoms with van der Waals surface area (Å²) < 4.78 is 37.2. The molecule has 0 amide bonds. The number of guanidine groups is 1. The van der Waals surface area contributed by atoms with Crippen LogP contribution in [-0.2, 0) is 0 Å². The highest BCUT2D eigenvalue weighted by Gasteiger charge is 2.34. The molecule has 1 heterocycles. The smallest absolute Gasteiger partial charge is 0.354 e. The highest BCUT2D eigenvalue weighted by molar-refractivity contribution is 14.0. The van der Waals surface area contributed by atoms with E-state index in [1.807, 2.05) is 6.92 Å². The van der Waals surface area contributed by atoms with E-state index in [0.717, 1.165) is 25.2 Å². The SMILES string of the molecule is CCN=C(NC1CCCC1)NC1CCN(CC(F)(F)F)C1.I. The number of rotatable bonds is 4. The summed E-state index contributed by atoms with van der Waals surface area (Å²) in [6.45, 7) is 2.72. The fourth-order valence-corrected chi connectivity index (χ4v) is 3.10. The van der Waals surface area contributed by atoms with Crippen LogP contribution < -0.4 is 10.6 Å². The maximum Gasteiger partial charge on any atom is 0.401 e. The molecule has 2 aliphatic rings. The summed E-state index contributed by atoms with van der Waals surface area (Å²) >= 11 is 0. The molecule has 1 aliphatic carbocycles. The fraction of sp³-hybridized carbons (Fsp3) is 0.929. The molecule has 130 valence electrons. The molecule has 1 saturated carbocycles. The lowest BCUT2D eigenvalue weighted by Crippen LogP contribution is -2.48. The van der Waals surface area contributed by atoms with Gasteiger partial charge in [0.1, 0.15) is 0 Å². The third-order valence-corrected chi connectivity index (χ3v) is 4.03. The Morgan fingerprint density at radius 1 is 1.14 bits per heavy atom. The van der Waals surface area contributed by atoms with E-state index in [1.54, 1.807) is 0 Å². The number of hydrogen-bond acceptors (Lipinski definition) is 2. The van der Waals surface area contributed by atoms with Crippen LogP contribution in [0.5, 0.6) is 0 Å². The number of aliphatic imine (C=N–C) groups is 1. The maximum atomic E-state index is 12.4. The first-order chi connectivity index (χ1) is 9.96. The van der Waals surface area contributed by atoms with Crippen molar-refractivity contribution in [1.82, 2.24) is 15.5 Å². The van der Waals surface area contributed by atoms with Crippen molar-refractivity contribution in [2.45, 2.75) is 57.3 Å². The van der Waals surface area contributed by atoms with E-state index in [0.29, 0.717) is 25.7 Å². The Bertz CT molecular complexity index is 356. The van der Waals surface area contributed by atoms with Gasteiger partial charge in [-0.25, -0.2) is 0 Å². The molecule has 2 rings (SSSR count). The molecule has 1 atom stereocenters. The Labute approximate surface area is 147 Å². The topological polar surface area (TPSA) is 39.7 Å². The number of halogens is 4. The Hall–Kier alpha value is -0.250. The van der Waals surface area contributed by atoms with E-state index in [-0.39, 0.29) is 30.0 Å². The summed E-state index contributed by atoms with van der Waals surface area (Å²) in [7, 11) is 0. The number of hydrogen-bond donors (Lipinski definition) is 2. The average Bonchev–Trinajstić information content (AvgIpc) is 3.00. The normalized spacial score (nSPS) is 24.4. The van der Waals surface area contributed by atoms with E-state index < -0.39 is 12.7 Å². The Morgan fingerprint density at radius 3 is 2.36 bits per heavy atom. The molecule has 1 unspecified atom stereocenters. The first kappa shape index (κ1) is 19.8. The summed E-state index contributed by atoms with van der Waals surface area (Å²) in [6, 6.07) is 0.502. The molecule has 0 radical (unpaired) electrons. The minimum Gasteiger partial charge on any atom is -0.354 e. The molecule has 0 bridgehead atoms. The molecule has 1 saturated heterocycles. The number of likely N-dealkylation sites (tertiary alicyclic amines) is 1. The van der Waals surface area contributed by atoms with Gasteiger partial charge in [0.05, 0.1) is 6.54 Å². The standard InChI is InChI=1S/C14H25F3N4.HI/c1-2-18-13(19-11-5-3-4-6-11)20-12-7-8-21(9-12)10-14(15,16)17;/h11-12H,2-10H2,1H3,(H2,18,19,20);1H. The number of nitrogens with zero attached hydrogens (tertiary/aromatic N) is 2. The number of nitrogens with one attached hydrogen (secondary N) is 2. The Balaban J connectivity index is 0.00000242. The zero-order chi connectivity index (χ0) is 15.3. The van der Waals surface area contributed by atoms with Crippen molar-refractivity contribution in [3.05, 3.63) is 0 Å². The lowest BCUT2D eigenvalue weighted by Gasteiger charge is -2.22. The molecular weight excluding hydrogens is 408 g/mol. The first-order valence-corrected chi connectivity index (χ1v) is 7.83. The van der Waals surface area contributed by atoms with Gasteiger partial charge in [-0.3, -0.25) is 9.89 Å². The molecule has 8 heteroatoms. The molecule has 1 aliphatic heterocycles. The lowest BCUT2D eigenvalue weighted by molar-refractivity contribution is -0.143. The van der Waals surface area contributed by atoms with Gasteiger partial charge in [-0.15, -0.1) is 24.0 Å². The second kappa shape index (κ2) is 9.14.